The van der Waals surface area contributed by atoms with E-state index >= 15 is 0 Å². The highest BCUT2D eigenvalue weighted by molar-refractivity contribution is 5.49. The summed E-state index contributed by atoms with van der Waals surface area (Å²) in [5, 5.41) is 0. The number of nitrogens with zero attached hydrogens (tertiary/aromatic N) is 1. The van der Waals surface area contributed by atoms with Crippen molar-refractivity contribution < 1.29 is 4.39 Å². The average Bonchev–Trinajstić information content (AvgIpc) is 2.75. The summed E-state index contributed by atoms with van der Waals surface area (Å²) in [7, 11) is 0. The van der Waals surface area contributed by atoms with Crippen molar-refractivity contribution in [3.05, 3.63) is 66.0 Å². The molecule has 104 valence electrons. The Morgan fingerprint density at radius 1 is 0.850 bits per heavy atom. The van der Waals surface area contributed by atoms with Crippen LogP contribution >= 0.6 is 0 Å². The van der Waals surface area contributed by atoms with Crippen molar-refractivity contribution in [2.45, 2.75) is 31.7 Å². The van der Waals surface area contributed by atoms with Gasteiger partial charge in [0.15, 0.2) is 0 Å². The van der Waals surface area contributed by atoms with Gasteiger partial charge >= 0.3 is 0 Å². The molecule has 1 heterocycles. The van der Waals surface area contributed by atoms with Crippen LogP contribution in [0.25, 0.3) is 0 Å². The molecule has 0 radical (unpaired) electrons. The Labute approximate surface area is 120 Å². The molecule has 1 unspecified atom stereocenters. The molecule has 2 heteroatoms. The van der Waals surface area contributed by atoms with Crippen LogP contribution in [0.3, 0.4) is 0 Å². The first kappa shape index (κ1) is 13.2. The summed E-state index contributed by atoms with van der Waals surface area (Å²) in [6, 6.07) is 17.9. The predicted octanol–water partition coefficient (Wildman–Crippen LogP) is 4.95. The second kappa shape index (κ2) is 6.08. The highest BCUT2D eigenvalue weighted by Crippen LogP contribution is 2.34. The molecule has 0 aromatic heterocycles. The Hall–Kier alpha value is -1.83. The molecule has 1 atom stereocenters. The van der Waals surface area contributed by atoms with Crippen molar-refractivity contribution in [2.24, 2.45) is 0 Å². The lowest BCUT2D eigenvalue weighted by Gasteiger charge is -2.32. The molecule has 0 amide bonds. The lowest BCUT2D eigenvalue weighted by Crippen LogP contribution is -2.28. The van der Waals surface area contributed by atoms with E-state index in [1.807, 2.05) is 18.2 Å². The summed E-state index contributed by atoms with van der Waals surface area (Å²) in [5.74, 6) is -0.159. The zero-order valence-electron chi connectivity index (χ0n) is 11.6. The van der Waals surface area contributed by atoms with Gasteiger partial charge in [-0.1, -0.05) is 43.2 Å². The predicted molar refractivity (Wildman–Crippen MR) is 81.4 cm³/mol. The molecule has 0 spiro atoms. The largest absolute Gasteiger partial charge is 0.364 e. The fourth-order valence-electron chi connectivity index (χ4n) is 3.07. The minimum atomic E-state index is -0.159. The molecule has 3 rings (SSSR count). The quantitative estimate of drug-likeness (QED) is 0.745. The first-order chi connectivity index (χ1) is 9.84. The summed E-state index contributed by atoms with van der Waals surface area (Å²) in [5.41, 5.74) is 2.49. The van der Waals surface area contributed by atoms with E-state index in [2.05, 4.69) is 29.2 Å². The highest BCUT2D eigenvalue weighted by atomic mass is 19.1. The molecule has 2 aromatic carbocycles. The van der Waals surface area contributed by atoms with E-state index in [9.17, 15) is 4.39 Å². The molecule has 20 heavy (non-hydrogen) atoms. The standard InChI is InChI=1S/C18H20FN/c19-16-12-10-15(11-13-16)18-9-5-2-6-14-20(18)17-7-3-1-4-8-17/h1,3-4,7-8,10-13,18H,2,5-6,9,14H2. The van der Waals surface area contributed by atoms with Gasteiger partial charge in [-0.25, -0.2) is 4.39 Å². The van der Waals surface area contributed by atoms with Crippen LogP contribution in [0.1, 0.15) is 37.3 Å². The zero-order chi connectivity index (χ0) is 13.8. The summed E-state index contributed by atoms with van der Waals surface area (Å²) in [4.78, 5) is 2.47. The van der Waals surface area contributed by atoms with Crippen molar-refractivity contribution in [1.29, 1.82) is 0 Å². The molecular formula is C18H20FN. The van der Waals surface area contributed by atoms with Crippen LogP contribution in [0, 0.1) is 5.82 Å². The van der Waals surface area contributed by atoms with Crippen LogP contribution in [0.15, 0.2) is 54.6 Å². The minimum absolute atomic E-state index is 0.159. The molecule has 2 aromatic rings. The highest BCUT2D eigenvalue weighted by Gasteiger charge is 2.22. The SMILES string of the molecule is Fc1ccc(C2CCCCCN2c2ccccc2)cc1. The van der Waals surface area contributed by atoms with Crippen LogP contribution in [0.5, 0.6) is 0 Å². The number of rotatable bonds is 2. The van der Waals surface area contributed by atoms with Crippen molar-refractivity contribution in [3.8, 4) is 0 Å². The van der Waals surface area contributed by atoms with Crippen molar-refractivity contribution in [2.75, 3.05) is 11.4 Å². The van der Waals surface area contributed by atoms with Gasteiger partial charge in [-0.3, -0.25) is 0 Å². The summed E-state index contributed by atoms with van der Waals surface area (Å²) in [6.45, 7) is 1.08. The maximum atomic E-state index is 13.1. The first-order valence-corrected chi connectivity index (χ1v) is 7.42. The molecule has 0 N–H and O–H groups in total. The number of para-hydroxylation sites is 1. The van der Waals surface area contributed by atoms with Gasteiger partial charge in [0.2, 0.25) is 0 Å². The molecule has 0 saturated carbocycles. The number of anilines is 1. The zero-order valence-corrected chi connectivity index (χ0v) is 11.6. The van der Waals surface area contributed by atoms with E-state index in [-0.39, 0.29) is 5.82 Å². The molecule has 1 saturated heterocycles. The van der Waals surface area contributed by atoms with E-state index in [1.54, 1.807) is 12.1 Å². The molecule has 1 nitrogen and oxygen atoms in total. The third kappa shape index (κ3) is 2.84. The first-order valence-electron chi connectivity index (χ1n) is 7.42. The minimum Gasteiger partial charge on any atom is -0.364 e. The van der Waals surface area contributed by atoms with Crippen molar-refractivity contribution in [3.63, 3.8) is 0 Å². The topological polar surface area (TPSA) is 3.24 Å². The van der Waals surface area contributed by atoms with Gasteiger partial charge < -0.3 is 4.90 Å². The third-order valence-corrected chi connectivity index (χ3v) is 4.10. The molecular weight excluding hydrogens is 249 g/mol. The lowest BCUT2D eigenvalue weighted by molar-refractivity contribution is 0.594. The Kier molecular flexibility index (Phi) is 4.00. The van der Waals surface area contributed by atoms with Gasteiger partial charge in [0.25, 0.3) is 0 Å². The maximum Gasteiger partial charge on any atom is 0.123 e. The van der Waals surface area contributed by atoms with Crippen LogP contribution in [-0.4, -0.2) is 6.54 Å². The number of hydrogen-bond donors (Lipinski definition) is 0. The Balaban J connectivity index is 1.93. The maximum absolute atomic E-state index is 13.1. The monoisotopic (exact) mass is 269 g/mol. The van der Waals surface area contributed by atoms with Gasteiger partial charge in [-0.2, -0.15) is 0 Å². The third-order valence-electron chi connectivity index (χ3n) is 4.10. The second-order valence-corrected chi connectivity index (χ2v) is 5.45. The Bertz CT molecular complexity index is 535. The summed E-state index contributed by atoms with van der Waals surface area (Å²) in [6.07, 6.45) is 4.89. The Morgan fingerprint density at radius 3 is 2.35 bits per heavy atom. The normalized spacial score (nSPS) is 19.6. The van der Waals surface area contributed by atoms with Crippen LogP contribution < -0.4 is 4.90 Å². The van der Waals surface area contributed by atoms with Crippen molar-refractivity contribution >= 4 is 5.69 Å². The van der Waals surface area contributed by atoms with E-state index in [4.69, 9.17) is 0 Å². The van der Waals surface area contributed by atoms with E-state index in [0.717, 1.165) is 13.0 Å². The van der Waals surface area contributed by atoms with Crippen LogP contribution in [-0.2, 0) is 0 Å². The fraction of sp³-hybridized carbons (Fsp3) is 0.333. The molecule has 0 bridgehead atoms. The van der Waals surface area contributed by atoms with E-state index < -0.39 is 0 Å². The molecule has 1 aliphatic rings. The van der Waals surface area contributed by atoms with Gasteiger partial charge in [-0.05, 0) is 42.7 Å². The van der Waals surface area contributed by atoms with Crippen LogP contribution in [0.4, 0.5) is 10.1 Å². The Morgan fingerprint density at radius 2 is 1.60 bits per heavy atom. The number of halogens is 1. The van der Waals surface area contributed by atoms with Gasteiger partial charge in [-0.15, -0.1) is 0 Å². The summed E-state index contributed by atoms with van der Waals surface area (Å²) < 4.78 is 13.1. The van der Waals surface area contributed by atoms with E-state index in [1.165, 1.54) is 30.5 Å². The van der Waals surface area contributed by atoms with Crippen LogP contribution in [0.2, 0.25) is 0 Å². The van der Waals surface area contributed by atoms with Gasteiger partial charge in [0.1, 0.15) is 5.82 Å². The smallest absolute Gasteiger partial charge is 0.123 e. The summed E-state index contributed by atoms with van der Waals surface area (Å²) >= 11 is 0. The lowest BCUT2D eigenvalue weighted by atomic mass is 10.00. The van der Waals surface area contributed by atoms with Crippen molar-refractivity contribution in [1.82, 2.24) is 0 Å². The van der Waals surface area contributed by atoms with Gasteiger partial charge in [0, 0.05) is 12.2 Å². The van der Waals surface area contributed by atoms with Gasteiger partial charge in [0.05, 0.1) is 6.04 Å². The second-order valence-electron chi connectivity index (χ2n) is 5.45. The molecule has 1 aliphatic heterocycles. The fourth-order valence-corrected chi connectivity index (χ4v) is 3.07. The average molecular weight is 269 g/mol. The molecule has 0 aliphatic carbocycles. The molecule has 1 fully saturated rings. The number of benzene rings is 2. The number of hydrogen-bond acceptors (Lipinski definition) is 1. The van der Waals surface area contributed by atoms with E-state index in [0.29, 0.717) is 6.04 Å².